The average Bonchev–Trinajstić information content (AvgIpc) is 3.21. The van der Waals surface area contributed by atoms with Gasteiger partial charge in [0.25, 0.3) is 5.91 Å². The Bertz CT molecular complexity index is 1150. The topological polar surface area (TPSA) is 76.4 Å². The number of hydroxylamine groups is 1. The van der Waals surface area contributed by atoms with E-state index in [2.05, 4.69) is 5.48 Å². The summed E-state index contributed by atoms with van der Waals surface area (Å²) >= 11 is 0. The molecule has 0 unspecified atom stereocenters. The molecule has 1 heterocycles. The van der Waals surface area contributed by atoms with Crippen molar-refractivity contribution in [2.24, 2.45) is 0 Å². The molecule has 0 saturated heterocycles. The van der Waals surface area contributed by atoms with Gasteiger partial charge in [-0.1, -0.05) is 60.7 Å². The van der Waals surface area contributed by atoms with E-state index < -0.39 is 5.60 Å². The number of aromatic nitrogens is 2. The fourth-order valence-corrected chi connectivity index (χ4v) is 3.84. The third-order valence-electron chi connectivity index (χ3n) is 5.34. The van der Waals surface area contributed by atoms with Crippen molar-refractivity contribution < 1.29 is 14.7 Å². The van der Waals surface area contributed by atoms with Gasteiger partial charge in [0.15, 0.2) is 11.4 Å². The molecule has 0 fully saturated rings. The first-order valence-corrected chi connectivity index (χ1v) is 10.4. The van der Waals surface area contributed by atoms with E-state index in [-0.39, 0.29) is 5.91 Å². The fraction of sp³-hybridized carbons (Fsp3) is 0.200. The molecule has 3 aromatic carbocycles. The van der Waals surface area contributed by atoms with Crippen molar-refractivity contribution in [3.05, 3.63) is 101 Å². The monoisotopic (exact) mass is 415 g/mol. The molecule has 0 bridgehead atoms. The Balaban J connectivity index is 1.93. The summed E-state index contributed by atoms with van der Waals surface area (Å²) in [7, 11) is 0. The van der Waals surface area contributed by atoms with E-state index in [4.69, 9.17) is 9.82 Å². The molecule has 4 aromatic rings. The minimum absolute atomic E-state index is 0.324. The van der Waals surface area contributed by atoms with E-state index in [9.17, 15) is 9.90 Å². The zero-order valence-electron chi connectivity index (χ0n) is 17.6. The number of fused-ring (bicyclic) bond motifs is 1. The summed E-state index contributed by atoms with van der Waals surface area (Å²) in [5.41, 5.74) is 4.35. The highest BCUT2D eigenvalue weighted by Crippen LogP contribution is 2.37. The molecule has 0 aliphatic rings. The largest absolute Gasteiger partial charge is 0.373 e. The number of hydrogen-bond acceptors (Lipinski definition) is 4. The first-order valence-electron chi connectivity index (χ1n) is 10.4. The lowest BCUT2D eigenvalue weighted by Gasteiger charge is -2.29. The third kappa shape index (κ3) is 3.71. The molecule has 31 heavy (non-hydrogen) atoms. The van der Waals surface area contributed by atoms with Crippen LogP contribution in [0.5, 0.6) is 0 Å². The van der Waals surface area contributed by atoms with Crippen LogP contribution in [0, 0.1) is 0 Å². The predicted octanol–water partition coefficient (Wildman–Crippen LogP) is 4.02. The van der Waals surface area contributed by atoms with E-state index in [0.717, 1.165) is 16.6 Å². The van der Waals surface area contributed by atoms with Crippen molar-refractivity contribution in [3.63, 3.8) is 0 Å². The third-order valence-corrected chi connectivity index (χ3v) is 5.34. The molecule has 158 valence electrons. The molecule has 0 atom stereocenters. The molecule has 0 saturated carbocycles. The summed E-state index contributed by atoms with van der Waals surface area (Å²) in [4.78, 5) is 22.2. The summed E-state index contributed by atoms with van der Waals surface area (Å²) in [5.74, 6) is 0.181. The van der Waals surface area contributed by atoms with Gasteiger partial charge in [-0.05, 0) is 43.2 Å². The summed E-state index contributed by atoms with van der Waals surface area (Å²) < 4.78 is 1.95. The molecule has 4 rings (SSSR count). The molecule has 2 N–H and O–H groups in total. The van der Waals surface area contributed by atoms with Crippen molar-refractivity contribution in [2.75, 3.05) is 6.61 Å². The molecule has 0 radical (unpaired) electrons. The maximum Gasteiger partial charge on any atom is 0.274 e. The second kappa shape index (κ2) is 8.71. The van der Waals surface area contributed by atoms with Crippen molar-refractivity contribution in [3.8, 4) is 0 Å². The van der Waals surface area contributed by atoms with Crippen LogP contribution in [-0.2, 0) is 17.0 Å². The predicted molar refractivity (Wildman–Crippen MR) is 119 cm³/mol. The van der Waals surface area contributed by atoms with Gasteiger partial charge in [-0.25, -0.2) is 10.5 Å². The summed E-state index contributed by atoms with van der Waals surface area (Å²) in [5, 5.41) is 12.2. The Labute approximate surface area is 181 Å². The Hall–Kier alpha value is -3.48. The first kappa shape index (κ1) is 20.8. The summed E-state index contributed by atoms with van der Waals surface area (Å²) in [6.07, 6.45) is 0. The van der Waals surface area contributed by atoms with Gasteiger partial charge in [-0.3, -0.25) is 9.63 Å². The second-order valence-corrected chi connectivity index (χ2v) is 7.19. The molecule has 0 aliphatic carbocycles. The first-order chi connectivity index (χ1) is 15.1. The number of nitrogens with one attached hydrogen (secondary N) is 1. The van der Waals surface area contributed by atoms with Gasteiger partial charge in [0.05, 0.1) is 17.6 Å². The molecule has 0 spiro atoms. The zero-order chi connectivity index (χ0) is 21.8. The number of benzene rings is 3. The van der Waals surface area contributed by atoms with Crippen LogP contribution in [0.2, 0.25) is 0 Å². The maximum atomic E-state index is 12.4. The molecule has 1 amide bonds. The van der Waals surface area contributed by atoms with Crippen LogP contribution in [-0.4, -0.2) is 27.2 Å². The van der Waals surface area contributed by atoms with E-state index in [0.29, 0.717) is 30.1 Å². The maximum absolute atomic E-state index is 12.4. The highest BCUT2D eigenvalue weighted by Gasteiger charge is 2.38. The van der Waals surface area contributed by atoms with Crippen molar-refractivity contribution in [2.45, 2.75) is 26.0 Å². The number of amides is 1. The quantitative estimate of drug-likeness (QED) is 0.447. The Morgan fingerprint density at radius 2 is 1.61 bits per heavy atom. The van der Waals surface area contributed by atoms with Crippen molar-refractivity contribution >= 4 is 16.9 Å². The van der Waals surface area contributed by atoms with Crippen LogP contribution < -0.4 is 5.48 Å². The van der Waals surface area contributed by atoms with Crippen LogP contribution in [0.1, 0.15) is 41.2 Å². The van der Waals surface area contributed by atoms with Gasteiger partial charge < -0.3 is 9.67 Å². The number of imidazole rings is 1. The molecular weight excluding hydrogens is 390 g/mol. The highest BCUT2D eigenvalue weighted by atomic mass is 16.6. The molecule has 6 nitrogen and oxygen atoms in total. The van der Waals surface area contributed by atoms with E-state index in [1.807, 2.05) is 72.2 Å². The Morgan fingerprint density at radius 1 is 1.00 bits per heavy atom. The number of rotatable bonds is 7. The minimum Gasteiger partial charge on any atom is -0.373 e. The fourth-order valence-electron chi connectivity index (χ4n) is 3.84. The minimum atomic E-state index is -1.45. The molecule has 0 aliphatic heterocycles. The number of aryl methyl sites for hydroxylation is 1. The van der Waals surface area contributed by atoms with Gasteiger partial charge in [0.1, 0.15) is 0 Å². The van der Waals surface area contributed by atoms with Crippen molar-refractivity contribution in [1.29, 1.82) is 0 Å². The Kier molecular flexibility index (Phi) is 5.84. The molecular formula is C25H25N3O3. The SMILES string of the molecule is CCONC(=O)c1ccc2nc(C(O)(c3ccccc3)c3ccccc3)n(CC)c2c1. The van der Waals surface area contributed by atoms with Crippen LogP contribution in [0.15, 0.2) is 78.9 Å². The van der Waals surface area contributed by atoms with Gasteiger partial charge in [-0.15, -0.1) is 0 Å². The van der Waals surface area contributed by atoms with Crippen molar-refractivity contribution in [1.82, 2.24) is 15.0 Å². The lowest BCUT2D eigenvalue weighted by atomic mass is 9.85. The van der Waals surface area contributed by atoms with Gasteiger partial charge in [0, 0.05) is 12.1 Å². The second-order valence-electron chi connectivity index (χ2n) is 7.19. The smallest absolute Gasteiger partial charge is 0.274 e. The molecule has 6 heteroatoms. The van der Waals surface area contributed by atoms with E-state index in [1.54, 1.807) is 25.1 Å². The Morgan fingerprint density at radius 3 is 2.16 bits per heavy atom. The number of aliphatic hydroxyl groups is 1. The van der Waals surface area contributed by atoms with Crippen LogP contribution in [0.4, 0.5) is 0 Å². The van der Waals surface area contributed by atoms with Crippen LogP contribution in [0.25, 0.3) is 11.0 Å². The number of carbonyl (C=O) groups is 1. The molecule has 1 aromatic heterocycles. The van der Waals surface area contributed by atoms with Crippen LogP contribution in [0.3, 0.4) is 0 Å². The summed E-state index contributed by atoms with van der Waals surface area (Å²) in [6, 6.07) is 24.3. The standard InChI is InChI=1S/C25H25N3O3/c1-3-28-22-17-18(23(29)27-31-4-2)15-16-21(22)26-24(28)25(30,19-11-7-5-8-12-19)20-13-9-6-10-14-20/h5-17,30H,3-4H2,1-2H3,(H,27,29). The lowest BCUT2D eigenvalue weighted by Crippen LogP contribution is -2.32. The average molecular weight is 415 g/mol. The van der Waals surface area contributed by atoms with E-state index >= 15 is 0 Å². The zero-order valence-corrected chi connectivity index (χ0v) is 17.6. The lowest BCUT2D eigenvalue weighted by molar-refractivity contribution is 0.0364. The number of carbonyl (C=O) groups excluding carboxylic acids is 1. The van der Waals surface area contributed by atoms with E-state index in [1.165, 1.54) is 0 Å². The van der Waals surface area contributed by atoms with Gasteiger partial charge in [-0.2, -0.15) is 0 Å². The van der Waals surface area contributed by atoms with Gasteiger partial charge >= 0.3 is 0 Å². The number of nitrogens with zero attached hydrogens (tertiary/aromatic N) is 2. The normalized spacial score (nSPS) is 11.6. The summed E-state index contributed by atoms with van der Waals surface area (Å²) in [6.45, 7) is 4.75. The van der Waals surface area contributed by atoms with Crippen LogP contribution >= 0.6 is 0 Å². The van der Waals surface area contributed by atoms with Gasteiger partial charge in [0.2, 0.25) is 0 Å². The number of hydrogen-bond donors (Lipinski definition) is 2. The highest BCUT2D eigenvalue weighted by molar-refractivity contribution is 5.97.